The van der Waals surface area contributed by atoms with E-state index < -0.39 is 5.97 Å². The molecule has 0 saturated heterocycles. The summed E-state index contributed by atoms with van der Waals surface area (Å²) >= 11 is 4.62. The first kappa shape index (κ1) is 14.0. The number of hydrogen-bond acceptors (Lipinski definition) is 6. The topological polar surface area (TPSA) is 78.1 Å². The predicted octanol–water partition coefficient (Wildman–Crippen LogP) is 3.39. The van der Waals surface area contributed by atoms with Crippen LogP contribution in [0.2, 0.25) is 0 Å². The maximum absolute atomic E-state index is 11.9. The summed E-state index contributed by atoms with van der Waals surface area (Å²) < 4.78 is 6.08. The van der Waals surface area contributed by atoms with Crippen molar-refractivity contribution in [1.82, 2.24) is 9.97 Å². The molecule has 5 nitrogen and oxygen atoms in total. The number of hydrogen-bond donors (Lipinski definition) is 1. The first-order chi connectivity index (χ1) is 10.1. The molecule has 3 aromatic rings. The lowest BCUT2D eigenvalue weighted by atomic mass is 10.2. The van der Waals surface area contributed by atoms with Gasteiger partial charge in [0.2, 0.25) is 0 Å². The molecule has 0 unspecified atom stereocenters. The van der Waals surface area contributed by atoms with Crippen molar-refractivity contribution < 1.29 is 9.53 Å². The van der Waals surface area contributed by atoms with Crippen molar-refractivity contribution in [3.05, 3.63) is 50.9 Å². The number of aromatic nitrogens is 2. The molecule has 2 N–H and O–H groups in total. The molecule has 0 saturated carbocycles. The maximum atomic E-state index is 11.9. The van der Waals surface area contributed by atoms with Gasteiger partial charge in [0, 0.05) is 5.39 Å². The van der Waals surface area contributed by atoms with Crippen LogP contribution < -0.4 is 5.73 Å². The Kier molecular flexibility index (Phi) is 3.85. The van der Waals surface area contributed by atoms with Gasteiger partial charge in [-0.1, -0.05) is 12.1 Å². The predicted molar refractivity (Wildman–Crippen MR) is 85.1 cm³/mol. The van der Waals surface area contributed by atoms with Gasteiger partial charge in [0.05, 0.1) is 9.30 Å². The van der Waals surface area contributed by atoms with E-state index in [2.05, 4.69) is 25.9 Å². The minimum absolute atomic E-state index is 0.0105. The minimum Gasteiger partial charge on any atom is -0.453 e. The second-order valence-corrected chi connectivity index (χ2v) is 6.69. The molecule has 3 rings (SSSR count). The Labute approximate surface area is 132 Å². The first-order valence-electron chi connectivity index (χ1n) is 6.07. The van der Waals surface area contributed by atoms with Gasteiger partial charge in [0.25, 0.3) is 0 Å². The molecule has 106 valence electrons. The highest BCUT2D eigenvalue weighted by Gasteiger charge is 2.12. The van der Waals surface area contributed by atoms with Crippen LogP contribution >= 0.6 is 27.3 Å². The summed E-state index contributed by atoms with van der Waals surface area (Å²) in [7, 11) is 0. The van der Waals surface area contributed by atoms with Crippen molar-refractivity contribution in [1.29, 1.82) is 0 Å². The van der Waals surface area contributed by atoms with Gasteiger partial charge in [0.1, 0.15) is 10.7 Å². The Morgan fingerprint density at radius 3 is 2.81 bits per heavy atom. The molecule has 2 heterocycles. The number of anilines is 1. The van der Waals surface area contributed by atoms with Crippen molar-refractivity contribution in [2.75, 3.05) is 5.73 Å². The number of para-hydroxylation sites is 1. The van der Waals surface area contributed by atoms with Gasteiger partial charge < -0.3 is 10.5 Å². The molecule has 0 aliphatic rings. The standard InChI is InChI=1S/C14H10BrN3O2S/c15-11-6-5-10(21-11)14(19)20-7-12-17-9-4-2-1-3-8(9)13(16)18-12/h1-6H,7H2,(H2,16,17,18). The molecule has 7 heteroatoms. The zero-order chi connectivity index (χ0) is 14.8. The zero-order valence-corrected chi connectivity index (χ0v) is 13.1. The summed E-state index contributed by atoms with van der Waals surface area (Å²) in [6, 6.07) is 10.9. The summed E-state index contributed by atoms with van der Waals surface area (Å²) in [5.41, 5.74) is 6.61. The Morgan fingerprint density at radius 2 is 2.05 bits per heavy atom. The van der Waals surface area contributed by atoms with Gasteiger partial charge in [-0.2, -0.15) is 0 Å². The van der Waals surface area contributed by atoms with Crippen LogP contribution in [0.5, 0.6) is 0 Å². The molecule has 0 bridgehead atoms. The highest BCUT2D eigenvalue weighted by atomic mass is 79.9. The van der Waals surface area contributed by atoms with E-state index in [1.165, 1.54) is 11.3 Å². The quantitative estimate of drug-likeness (QED) is 0.721. The average Bonchev–Trinajstić information content (AvgIpc) is 2.91. The first-order valence-corrected chi connectivity index (χ1v) is 7.68. The molecular weight excluding hydrogens is 354 g/mol. The number of carbonyl (C=O) groups excluding carboxylic acids is 1. The van der Waals surface area contributed by atoms with Gasteiger partial charge in [-0.3, -0.25) is 0 Å². The number of ether oxygens (including phenoxy) is 1. The Hall–Kier alpha value is -1.99. The van der Waals surface area contributed by atoms with E-state index in [1.807, 2.05) is 24.3 Å². The largest absolute Gasteiger partial charge is 0.453 e. The highest BCUT2D eigenvalue weighted by molar-refractivity contribution is 9.11. The van der Waals surface area contributed by atoms with Crippen molar-refractivity contribution in [2.24, 2.45) is 0 Å². The SMILES string of the molecule is Nc1nc(COC(=O)c2ccc(Br)s2)nc2ccccc12. The van der Waals surface area contributed by atoms with Crippen molar-refractivity contribution >= 4 is 50.0 Å². The number of halogens is 1. The summed E-state index contributed by atoms with van der Waals surface area (Å²) in [6.45, 7) is -0.0105. The number of fused-ring (bicyclic) bond motifs is 1. The van der Waals surface area contributed by atoms with Gasteiger partial charge in [0.15, 0.2) is 12.4 Å². The number of nitrogen functional groups attached to an aromatic ring is 1. The second kappa shape index (κ2) is 5.79. The average molecular weight is 364 g/mol. The summed E-state index contributed by atoms with van der Waals surface area (Å²) in [6.07, 6.45) is 0. The summed E-state index contributed by atoms with van der Waals surface area (Å²) in [4.78, 5) is 20.9. The normalized spacial score (nSPS) is 10.7. The maximum Gasteiger partial charge on any atom is 0.348 e. The second-order valence-electron chi connectivity index (χ2n) is 4.22. The number of nitrogens with zero attached hydrogens (tertiary/aromatic N) is 2. The third kappa shape index (κ3) is 3.03. The molecule has 0 aliphatic carbocycles. The van der Waals surface area contributed by atoms with Crippen LogP contribution in [0.3, 0.4) is 0 Å². The molecule has 0 radical (unpaired) electrons. The third-order valence-corrected chi connectivity index (χ3v) is 4.39. The highest BCUT2D eigenvalue weighted by Crippen LogP contribution is 2.23. The molecule has 0 spiro atoms. The van der Waals surface area contributed by atoms with Crippen LogP contribution in [0.4, 0.5) is 5.82 Å². The lowest BCUT2D eigenvalue weighted by molar-refractivity contribution is 0.0468. The van der Waals surface area contributed by atoms with Crippen LogP contribution in [-0.4, -0.2) is 15.9 Å². The number of thiophene rings is 1. The van der Waals surface area contributed by atoms with E-state index in [4.69, 9.17) is 10.5 Å². The molecule has 0 amide bonds. The van der Waals surface area contributed by atoms with Crippen molar-refractivity contribution in [3.8, 4) is 0 Å². The summed E-state index contributed by atoms with van der Waals surface area (Å²) in [5.74, 6) is 0.363. The smallest absolute Gasteiger partial charge is 0.348 e. The van der Waals surface area contributed by atoms with E-state index in [-0.39, 0.29) is 6.61 Å². The monoisotopic (exact) mass is 363 g/mol. The molecule has 0 fully saturated rings. The van der Waals surface area contributed by atoms with Crippen LogP contribution in [0.15, 0.2) is 40.2 Å². The Bertz CT molecular complexity index is 819. The van der Waals surface area contributed by atoms with Gasteiger partial charge >= 0.3 is 5.97 Å². The molecule has 21 heavy (non-hydrogen) atoms. The number of benzene rings is 1. The van der Waals surface area contributed by atoms with Gasteiger partial charge in [-0.15, -0.1) is 11.3 Å². The van der Waals surface area contributed by atoms with E-state index >= 15 is 0 Å². The van der Waals surface area contributed by atoms with E-state index in [0.29, 0.717) is 16.5 Å². The van der Waals surface area contributed by atoms with Crippen LogP contribution in [0.25, 0.3) is 10.9 Å². The fourth-order valence-electron chi connectivity index (χ4n) is 1.84. The number of rotatable bonds is 3. The molecule has 2 aromatic heterocycles. The molecule has 1 aromatic carbocycles. The summed E-state index contributed by atoms with van der Waals surface area (Å²) in [5, 5.41) is 0.787. The van der Waals surface area contributed by atoms with E-state index in [0.717, 1.165) is 14.7 Å². The number of nitrogens with two attached hydrogens (primary N) is 1. The lowest BCUT2D eigenvalue weighted by Gasteiger charge is -2.05. The van der Waals surface area contributed by atoms with Crippen LogP contribution in [0, 0.1) is 0 Å². The van der Waals surface area contributed by atoms with Gasteiger partial charge in [-0.05, 0) is 40.2 Å². The van der Waals surface area contributed by atoms with E-state index in [1.54, 1.807) is 12.1 Å². The molecule has 0 aliphatic heterocycles. The van der Waals surface area contributed by atoms with E-state index in [9.17, 15) is 4.79 Å². The fourth-order valence-corrected chi connectivity index (χ4v) is 3.12. The van der Waals surface area contributed by atoms with Crippen LogP contribution in [0.1, 0.15) is 15.5 Å². The number of esters is 1. The Morgan fingerprint density at radius 1 is 1.24 bits per heavy atom. The van der Waals surface area contributed by atoms with Crippen molar-refractivity contribution in [3.63, 3.8) is 0 Å². The molecule has 0 atom stereocenters. The lowest BCUT2D eigenvalue weighted by Crippen LogP contribution is -2.07. The minimum atomic E-state index is -0.402. The fraction of sp³-hybridized carbons (Fsp3) is 0.0714. The Balaban J connectivity index is 1.77. The zero-order valence-electron chi connectivity index (χ0n) is 10.7. The van der Waals surface area contributed by atoms with Gasteiger partial charge in [-0.25, -0.2) is 14.8 Å². The van der Waals surface area contributed by atoms with Crippen molar-refractivity contribution in [2.45, 2.75) is 6.61 Å². The molecular formula is C14H10BrN3O2S. The number of carbonyl (C=O) groups is 1. The van der Waals surface area contributed by atoms with Crippen LogP contribution in [-0.2, 0) is 11.3 Å². The third-order valence-electron chi connectivity index (χ3n) is 2.79.